The van der Waals surface area contributed by atoms with Crippen LogP contribution in [0.5, 0.6) is 11.6 Å². The number of carbonyl (C=O) groups excluding carboxylic acids is 1. The summed E-state index contributed by atoms with van der Waals surface area (Å²) in [5.74, 6) is -0.324. The summed E-state index contributed by atoms with van der Waals surface area (Å²) in [5.41, 5.74) is 2.66. The molecule has 3 aromatic heterocycles. The Balaban J connectivity index is 1.35. The van der Waals surface area contributed by atoms with Crippen LogP contribution in [0, 0.1) is 5.82 Å². The van der Waals surface area contributed by atoms with E-state index in [4.69, 9.17) is 33.9 Å². The number of nitrogens with one attached hydrogen (secondary N) is 2. The molecule has 46 heavy (non-hydrogen) atoms. The minimum absolute atomic E-state index is 0.0556. The first-order valence-corrected chi connectivity index (χ1v) is 16.2. The van der Waals surface area contributed by atoms with Gasteiger partial charge in [0.25, 0.3) is 5.91 Å². The monoisotopic (exact) mass is 658 g/mol. The summed E-state index contributed by atoms with van der Waals surface area (Å²) in [7, 11) is -2.31. The Labute approximate surface area is 262 Å². The lowest BCUT2D eigenvalue weighted by Crippen LogP contribution is -2.38. The highest BCUT2D eigenvalue weighted by molar-refractivity contribution is 7.92. The number of morpholine rings is 1. The summed E-state index contributed by atoms with van der Waals surface area (Å²) in [6.45, 7) is 3.02. The van der Waals surface area contributed by atoms with Crippen LogP contribution in [-0.2, 0) is 14.8 Å². The molecular formula is C28H31FN8O8S. The van der Waals surface area contributed by atoms with Crippen LogP contribution in [-0.4, -0.2) is 98.5 Å². The third kappa shape index (κ3) is 6.73. The lowest BCUT2D eigenvalue weighted by molar-refractivity contribution is 0.0696. The summed E-state index contributed by atoms with van der Waals surface area (Å²) < 4.78 is 64.2. The van der Waals surface area contributed by atoms with E-state index in [1.54, 1.807) is 0 Å². The highest BCUT2D eigenvalue weighted by Crippen LogP contribution is 2.37. The number of rotatable bonds is 9. The molecule has 6 rings (SSSR count). The number of methoxy groups -OCH3 is 1. The lowest BCUT2D eigenvalue weighted by atomic mass is 10.1. The molecule has 0 saturated carbocycles. The molecule has 0 spiro atoms. The summed E-state index contributed by atoms with van der Waals surface area (Å²) >= 11 is 0. The maximum Gasteiger partial charge on any atom is 0.296 e. The lowest BCUT2D eigenvalue weighted by Gasteiger charge is -2.32. The number of piperidine rings is 1. The van der Waals surface area contributed by atoms with Gasteiger partial charge in [-0.2, -0.15) is 0 Å². The molecule has 2 aliphatic rings. The molecule has 0 bridgehead atoms. The van der Waals surface area contributed by atoms with Crippen LogP contribution in [0.15, 0.2) is 35.0 Å². The Morgan fingerprint density at radius 3 is 2.54 bits per heavy atom. The number of hydrogen-bond donors (Lipinski definition) is 3. The van der Waals surface area contributed by atoms with E-state index in [2.05, 4.69) is 14.9 Å². The van der Waals surface area contributed by atoms with Gasteiger partial charge in [-0.15, -0.1) is 0 Å². The first-order chi connectivity index (χ1) is 22.1. The van der Waals surface area contributed by atoms with E-state index in [0.717, 1.165) is 6.26 Å². The number of carbonyl (C=O) groups is 1. The van der Waals surface area contributed by atoms with Crippen molar-refractivity contribution in [3.8, 4) is 22.9 Å². The van der Waals surface area contributed by atoms with Crippen molar-refractivity contribution in [2.75, 3.05) is 67.3 Å². The number of aromatic nitrogens is 4. The summed E-state index contributed by atoms with van der Waals surface area (Å²) in [6, 6.07) is 5.55. The van der Waals surface area contributed by atoms with Gasteiger partial charge in [-0.3, -0.25) is 14.7 Å². The first-order valence-electron chi connectivity index (χ1n) is 14.3. The van der Waals surface area contributed by atoms with Gasteiger partial charge in [-0.05, 0) is 12.1 Å². The summed E-state index contributed by atoms with van der Waals surface area (Å²) in [6.07, 6.45) is 3.26. The molecule has 1 amide bonds. The van der Waals surface area contributed by atoms with Crippen LogP contribution in [0.25, 0.3) is 22.2 Å². The molecule has 0 aliphatic carbocycles. The molecule has 3 N–H and O–H groups in total. The van der Waals surface area contributed by atoms with Gasteiger partial charge in [0.05, 0.1) is 32.3 Å². The highest BCUT2D eigenvalue weighted by atomic mass is 32.2. The van der Waals surface area contributed by atoms with E-state index in [1.807, 2.05) is 9.80 Å². The Kier molecular flexibility index (Phi) is 8.74. The summed E-state index contributed by atoms with van der Waals surface area (Å²) in [4.78, 5) is 29.4. The maximum atomic E-state index is 15.2. The number of hydroxylamine groups is 1. The van der Waals surface area contributed by atoms with E-state index in [-0.39, 0.29) is 29.1 Å². The Morgan fingerprint density at radius 1 is 1.09 bits per heavy atom. The fourth-order valence-electron chi connectivity index (χ4n) is 5.34. The molecule has 0 unspecified atom stereocenters. The number of nitrogens with zero attached hydrogens (tertiary/aromatic N) is 6. The van der Waals surface area contributed by atoms with Gasteiger partial charge in [-0.1, -0.05) is 5.16 Å². The zero-order valence-corrected chi connectivity index (χ0v) is 25.7. The number of hydrogen-bond acceptors (Lipinski definition) is 14. The number of sulfonamides is 1. The number of benzene rings is 1. The van der Waals surface area contributed by atoms with Gasteiger partial charge in [-0.25, -0.2) is 33.2 Å². The van der Waals surface area contributed by atoms with Gasteiger partial charge >= 0.3 is 0 Å². The van der Waals surface area contributed by atoms with Crippen molar-refractivity contribution in [2.24, 2.45) is 0 Å². The number of halogens is 1. The SMILES string of the molecule is COc1ncc(-c2nc(N3CCOCC3)nc3c(OC4CCN(c5cc(C(=O)NO)no5)CC4)cc(F)cc23)cc1NS(C)(=O)=O. The average molecular weight is 659 g/mol. The van der Waals surface area contributed by atoms with E-state index < -0.39 is 21.7 Å². The molecule has 0 radical (unpaired) electrons. The van der Waals surface area contributed by atoms with Crippen molar-refractivity contribution in [3.05, 3.63) is 42.0 Å². The second-order valence-electron chi connectivity index (χ2n) is 10.7. The Bertz CT molecular complexity index is 1860. The van der Waals surface area contributed by atoms with Crippen LogP contribution < -0.4 is 29.5 Å². The van der Waals surface area contributed by atoms with Crippen molar-refractivity contribution in [1.82, 2.24) is 25.6 Å². The predicted octanol–water partition coefficient (Wildman–Crippen LogP) is 2.20. The van der Waals surface area contributed by atoms with Gasteiger partial charge < -0.3 is 28.5 Å². The number of anilines is 3. The van der Waals surface area contributed by atoms with E-state index in [0.29, 0.717) is 86.2 Å². The fourth-order valence-corrected chi connectivity index (χ4v) is 5.89. The normalized spacial score (nSPS) is 16.0. The second-order valence-corrected chi connectivity index (χ2v) is 12.5. The van der Waals surface area contributed by atoms with Crippen molar-refractivity contribution in [2.45, 2.75) is 18.9 Å². The Hall–Kier alpha value is -4.81. The van der Waals surface area contributed by atoms with Crippen LogP contribution in [0.4, 0.5) is 21.9 Å². The zero-order valence-electron chi connectivity index (χ0n) is 24.9. The van der Waals surface area contributed by atoms with Crippen molar-refractivity contribution in [1.29, 1.82) is 0 Å². The molecule has 4 aromatic rings. The van der Waals surface area contributed by atoms with E-state index in [9.17, 15) is 13.2 Å². The van der Waals surface area contributed by atoms with E-state index >= 15 is 4.39 Å². The second kappa shape index (κ2) is 12.9. The third-order valence-corrected chi connectivity index (χ3v) is 8.10. The number of ether oxygens (including phenoxy) is 3. The van der Waals surface area contributed by atoms with Crippen LogP contribution in [0.2, 0.25) is 0 Å². The van der Waals surface area contributed by atoms with Gasteiger partial charge in [0, 0.05) is 68.3 Å². The molecule has 1 aromatic carbocycles. The molecule has 2 fully saturated rings. The first kappa shape index (κ1) is 31.2. The van der Waals surface area contributed by atoms with Gasteiger partial charge in [0.2, 0.25) is 27.7 Å². The Morgan fingerprint density at radius 2 is 1.85 bits per heavy atom. The smallest absolute Gasteiger partial charge is 0.296 e. The molecule has 244 valence electrons. The summed E-state index contributed by atoms with van der Waals surface area (Å²) in [5, 5.41) is 12.9. The molecule has 18 heteroatoms. The molecule has 2 saturated heterocycles. The molecular weight excluding hydrogens is 627 g/mol. The largest absolute Gasteiger partial charge is 0.488 e. The van der Waals surface area contributed by atoms with Crippen molar-refractivity contribution in [3.63, 3.8) is 0 Å². The third-order valence-electron chi connectivity index (χ3n) is 7.50. The predicted molar refractivity (Wildman–Crippen MR) is 162 cm³/mol. The number of pyridine rings is 1. The molecule has 2 aliphatic heterocycles. The van der Waals surface area contributed by atoms with Gasteiger partial charge in [0.1, 0.15) is 28.9 Å². The zero-order chi connectivity index (χ0) is 32.4. The topological polar surface area (TPSA) is 194 Å². The van der Waals surface area contributed by atoms with Gasteiger partial charge in [0.15, 0.2) is 5.69 Å². The average Bonchev–Trinajstić information content (AvgIpc) is 3.54. The number of fused-ring (bicyclic) bond motifs is 1. The number of amides is 1. The minimum Gasteiger partial charge on any atom is -0.488 e. The minimum atomic E-state index is -3.68. The molecule has 0 atom stereocenters. The quantitative estimate of drug-likeness (QED) is 0.175. The van der Waals surface area contributed by atoms with Crippen molar-refractivity contribution >= 4 is 44.4 Å². The standard InChI is InChI=1S/C28H31FN8O8S/c1-42-27-21(35-46(2,40)41)11-16(15-30-27)24-19-12-17(29)13-22(25(19)32-28(31-24)37-7-9-43-10-8-37)44-18-3-5-36(6-4-18)23-14-20(34-45-23)26(38)33-39/h11-15,18,35,39H,3-10H2,1-2H3,(H,33,38). The van der Waals surface area contributed by atoms with Crippen LogP contribution >= 0.6 is 0 Å². The van der Waals surface area contributed by atoms with E-state index in [1.165, 1.54) is 43.1 Å². The molecule has 16 nitrogen and oxygen atoms in total. The molecule has 5 heterocycles. The van der Waals surface area contributed by atoms with Crippen LogP contribution in [0.1, 0.15) is 23.3 Å². The highest BCUT2D eigenvalue weighted by Gasteiger charge is 2.27. The van der Waals surface area contributed by atoms with Crippen molar-refractivity contribution < 1.29 is 41.5 Å². The fraction of sp³-hybridized carbons (Fsp3) is 0.393. The maximum absolute atomic E-state index is 15.2. The van der Waals surface area contributed by atoms with Crippen LogP contribution in [0.3, 0.4) is 0 Å².